The number of hydrogen-bond acceptors (Lipinski definition) is 5. The molecule has 0 bridgehead atoms. The Morgan fingerprint density at radius 1 is 1.06 bits per heavy atom. The molecule has 1 atom stereocenters. The van der Waals surface area contributed by atoms with Crippen LogP contribution < -0.4 is 15.8 Å². The third-order valence-corrected chi connectivity index (χ3v) is 5.94. The van der Waals surface area contributed by atoms with Crippen LogP contribution in [0.3, 0.4) is 0 Å². The van der Waals surface area contributed by atoms with E-state index >= 15 is 0 Å². The Bertz CT molecular complexity index is 1310. The highest BCUT2D eigenvalue weighted by molar-refractivity contribution is 9.10. The lowest BCUT2D eigenvalue weighted by molar-refractivity contribution is -0.127. The van der Waals surface area contributed by atoms with Crippen LogP contribution in [0.1, 0.15) is 18.4 Å². The molecule has 2 aromatic carbocycles. The predicted octanol–water partition coefficient (Wildman–Crippen LogP) is 4.07. The molecule has 4 rings (SSSR count). The van der Waals surface area contributed by atoms with Crippen molar-refractivity contribution >= 4 is 27.7 Å². The molecular weight excluding hydrogens is 522 g/mol. The molecule has 2 amide bonds. The summed E-state index contributed by atoms with van der Waals surface area (Å²) in [6.07, 6.45) is 4.45. The summed E-state index contributed by atoms with van der Waals surface area (Å²) in [6, 6.07) is 22.0. The summed E-state index contributed by atoms with van der Waals surface area (Å²) in [7, 11) is 0. The second-order valence-corrected chi connectivity index (χ2v) is 9.08. The van der Waals surface area contributed by atoms with Crippen LogP contribution >= 0.6 is 15.9 Å². The van der Waals surface area contributed by atoms with Gasteiger partial charge in [-0.3, -0.25) is 14.6 Å². The van der Waals surface area contributed by atoms with Gasteiger partial charge in [0.15, 0.2) is 0 Å². The predicted molar refractivity (Wildman–Crippen MR) is 140 cm³/mol. The molecule has 3 N–H and O–H groups in total. The zero-order valence-corrected chi connectivity index (χ0v) is 21.1. The van der Waals surface area contributed by atoms with Crippen molar-refractivity contribution in [2.75, 3.05) is 6.61 Å². The van der Waals surface area contributed by atoms with Crippen LogP contribution in [-0.4, -0.2) is 39.2 Å². The van der Waals surface area contributed by atoms with E-state index in [-0.39, 0.29) is 12.3 Å². The van der Waals surface area contributed by atoms with E-state index in [4.69, 9.17) is 15.6 Å². The van der Waals surface area contributed by atoms with Crippen molar-refractivity contribution in [1.82, 2.24) is 20.1 Å². The molecule has 0 fully saturated rings. The topological polar surface area (TPSA) is 112 Å². The Morgan fingerprint density at radius 2 is 1.89 bits per heavy atom. The van der Waals surface area contributed by atoms with Crippen LogP contribution in [0.5, 0.6) is 5.88 Å². The van der Waals surface area contributed by atoms with Gasteiger partial charge in [-0.1, -0.05) is 52.3 Å². The number of hydrogen-bond donors (Lipinski definition) is 2. The van der Waals surface area contributed by atoms with Crippen molar-refractivity contribution in [1.29, 1.82) is 0 Å². The summed E-state index contributed by atoms with van der Waals surface area (Å²) in [4.78, 5) is 28.5. The fraction of sp³-hybridized carbons (Fsp3) is 0.185. The van der Waals surface area contributed by atoms with Crippen LogP contribution in [0.15, 0.2) is 89.7 Å². The van der Waals surface area contributed by atoms with Crippen molar-refractivity contribution in [3.05, 3.63) is 95.2 Å². The Hall–Kier alpha value is -3.98. The van der Waals surface area contributed by atoms with Crippen LogP contribution in [0, 0.1) is 0 Å². The molecule has 9 heteroatoms. The van der Waals surface area contributed by atoms with Crippen LogP contribution in [0.25, 0.3) is 16.9 Å². The molecule has 8 nitrogen and oxygen atoms in total. The van der Waals surface area contributed by atoms with E-state index in [0.29, 0.717) is 25.3 Å². The molecule has 0 aliphatic heterocycles. The minimum atomic E-state index is -0.763. The minimum Gasteiger partial charge on any atom is -0.478 e. The van der Waals surface area contributed by atoms with Gasteiger partial charge in [-0.25, -0.2) is 4.68 Å². The number of pyridine rings is 1. The largest absolute Gasteiger partial charge is 0.478 e. The first-order valence-electron chi connectivity index (χ1n) is 11.5. The first kappa shape index (κ1) is 25.1. The van der Waals surface area contributed by atoms with Gasteiger partial charge in [-0.2, -0.15) is 5.10 Å². The lowest BCUT2D eigenvalue weighted by atomic mass is 10.1. The standard InChI is InChI=1S/C27H26BrN5O3/c28-21-10-4-11-22(16-21)33-26(17-23(32-33)20-9-5-13-30-18-20)36-14-6-12-25(34)31-24(27(29)35)15-19-7-2-1-3-8-19/h1-5,7-11,13,16-18,24H,6,12,14-15H2,(H2,29,35)(H,31,34)/t24-/m0/s1. The lowest BCUT2D eigenvalue weighted by Crippen LogP contribution is -2.45. The maximum Gasteiger partial charge on any atom is 0.240 e. The first-order chi connectivity index (χ1) is 17.5. The number of nitrogens with zero attached hydrogens (tertiary/aromatic N) is 3. The van der Waals surface area contributed by atoms with E-state index in [1.54, 1.807) is 17.1 Å². The zero-order valence-electron chi connectivity index (χ0n) is 19.5. The monoisotopic (exact) mass is 547 g/mol. The smallest absolute Gasteiger partial charge is 0.240 e. The van der Waals surface area contributed by atoms with E-state index in [1.807, 2.05) is 72.8 Å². The Morgan fingerprint density at radius 3 is 2.61 bits per heavy atom. The molecule has 36 heavy (non-hydrogen) atoms. The lowest BCUT2D eigenvalue weighted by Gasteiger charge is -2.15. The summed E-state index contributed by atoms with van der Waals surface area (Å²) < 4.78 is 8.66. The third kappa shape index (κ3) is 6.79. The highest BCUT2D eigenvalue weighted by atomic mass is 79.9. The summed E-state index contributed by atoms with van der Waals surface area (Å²) in [6.45, 7) is 0.291. The number of benzene rings is 2. The molecule has 2 aromatic heterocycles. The SMILES string of the molecule is NC(=O)[C@H](Cc1ccccc1)NC(=O)CCCOc1cc(-c2cccnc2)nn1-c1cccc(Br)c1. The van der Waals surface area contributed by atoms with Gasteiger partial charge in [0.1, 0.15) is 6.04 Å². The molecule has 0 aliphatic rings. The Kier molecular flexibility index (Phi) is 8.46. The molecule has 0 radical (unpaired) electrons. The minimum absolute atomic E-state index is 0.194. The molecule has 2 heterocycles. The molecule has 4 aromatic rings. The third-order valence-electron chi connectivity index (χ3n) is 5.45. The summed E-state index contributed by atoms with van der Waals surface area (Å²) in [5.74, 6) is -0.273. The van der Waals surface area contributed by atoms with Gasteiger partial charge < -0.3 is 15.8 Å². The van der Waals surface area contributed by atoms with Crippen molar-refractivity contribution in [3.8, 4) is 22.8 Å². The van der Waals surface area contributed by atoms with Gasteiger partial charge >= 0.3 is 0 Å². The number of rotatable bonds is 11. The fourth-order valence-electron chi connectivity index (χ4n) is 3.66. The van der Waals surface area contributed by atoms with E-state index in [2.05, 4.69) is 26.2 Å². The van der Waals surface area contributed by atoms with E-state index < -0.39 is 11.9 Å². The van der Waals surface area contributed by atoms with Gasteiger partial charge in [-0.05, 0) is 42.3 Å². The molecule has 0 saturated heterocycles. The number of halogens is 1. The van der Waals surface area contributed by atoms with Crippen LogP contribution in [0.2, 0.25) is 0 Å². The van der Waals surface area contributed by atoms with Crippen molar-refractivity contribution in [2.24, 2.45) is 5.73 Å². The first-order valence-corrected chi connectivity index (χ1v) is 12.3. The summed E-state index contributed by atoms with van der Waals surface area (Å²) in [5.41, 5.74) is 8.85. The molecule has 0 saturated carbocycles. The van der Waals surface area contributed by atoms with Crippen LogP contribution in [0.4, 0.5) is 0 Å². The average Bonchev–Trinajstić information content (AvgIpc) is 3.32. The number of nitrogens with one attached hydrogen (secondary N) is 1. The zero-order chi connectivity index (χ0) is 25.3. The summed E-state index contributed by atoms with van der Waals surface area (Å²) >= 11 is 3.50. The van der Waals surface area contributed by atoms with E-state index in [0.717, 1.165) is 27.0 Å². The number of amides is 2. The van der Waals surface area contributed by atoms with E-state index in [9.17, 15) is 9.59 Å². The Labute approximate surface area is 217 Å². The number of nitrogens with two attached hydrogens (primary N) is 1. The van der Waals surface area contributed by atoms with Gasteiger partial charge in [0.25, 0.3) is 0 Å². The highest BCUT2D eigenvalue weighted by Crippen LogP contribution is 2.27. The maximum absolute atomic E-state index is 12.5. The molecule has 0 aliphatic carbocycles. The van der Waals surface area contributed by atoms with Gasteiger partial charge in [-0.15, -0.1) is 0 Å². The number of ether oxygens (including phenoxy) is 1. The second kappa shape index (κ2) is 12.1. The highest BCUT2D eigenvalue weighted by Gasteiger charge is 2.19. The van der Waals surface area contributed by atoms with Gasteiger partial charge in [0.05, 0.1) is 18.0 Å². The molecule has 0 unspecified atom stereocenters. The van der Waals surface area contributed by atoms with Crippen molar-refractivity contribution < 1.29 is 14.3 Å². The number of primary amides is 1. The van der Waals surface area contributed by atoms with Crippen molar-refractivity contribution in [2.45, 2.75) is 25.3 Å². The maximum atomic E-state index is 12.5. The number of carbonyl (C=O) groups is 2. The normalized spacial score (nSPS) is 11.6. The molecule has 0 spiro atoms. The number of carbonyl (C=O) groups excluding carboxylic acids is 2. The number of aromatic nitrogens is 3. The fourth-order valence-corrected chi connectivity index (χ4v) is 4.05. The quantitative estimate of drug-likeness (QED) is 0.275. The second-order valence-electron chi connectivity index (χ2n) is 8.17. The van der Waals surface area contributed by atoms with E-state index in [1.165, 1.54) is 0 Å². The Balaban J connectivity index is 1.38. The van der Waals surface area contributed by atoms with Gasteiger partial charge in [0, 0.05) is 41.3 Å². The molecule has 184 valence electrons. The summed E-state index contributed by atoms with van der Waals surface area (Å²) in [5, 5.41) is 7.44. The van der Waals surface area contributed by atoms with Crippen molar-refractivity contribution in [3.63, 3.8) is 0 Å². The van der Waals surface area contributed by atoms with Gasteiger partial charge in [0.2, 0.25) is 17.7 Å². The molecular formula is C27H26BrN5O3. The average molecular weight is 548 g/mol. The van der Waals surface area contributed by atoms with Crippen LogP contribution in [-0.2, 0) is 16.0 Å².